The van der Waals surface area contributed by atoms with Crippen LogP contribution in [0.15, 0.2) is 18.5 Å². The Balaban J connectivity index is 1.91. The number of nitrogens with zero attached hydrogens (tertiary/aromatic N) is 2. The van der Waals surface area contributed by atoms with Crippen molar-refractivity contribution in [1.82, 2.24) is 15.3 Å². The van der Waals surface area contributed by atoms with Crippen LogP contribution in [0.5, 0.6) is 5.75 Å². The fourth-order valence-corrected chi connectivity index (χ4v) is 3.03. The fourth-order valence-electron chi connectivity index (χ4n) is 2.14. The van der Waals surface area contributed by atoms with Gasteiger partial charge < -0.3 is 15.7 Å². The molecule has 0 spiro atoms. The molecule has 3 rings (SSSR count). The van der Waals surface area contributed by atoms with Crippen LogP contribution in [-0.2, 0) is 6.42 Å². The molecule has 104 valence electrons. The summed E-state index contributed by atoms with van der Waals surface area (Å²) in [6, 6.07) is 1.65. The van der Waals surface area contributed by atoms with Crippen LogP contribution in [0.3, 0.4) is 0 Å². The van der Waals surface area contributed by atoms with E-state index in [-0.39, 0.29) is 17.2 Å². The van der Waals surface area contributed by atoms with E-state index in [0.717, 1.165) is 5.69 Å². The number of rotatable bonds is 2. The molecule has 7 heteroatoms. The van der Waals surface area contributed by atoms with Gasteiger partial charge in [0.1, 0.15) is 4.88 Å². The molecule has 0 radical (unpaired) electrons. The van der Waals surface area contributed by atoms with Crippen molar-refractivity contribution in [2.24, 2.45) is 0 Å². The van der Waals surface area contributed by atoms with Gasteiger partial charge in [0.05, 0.1) is 17.6 Å². The van der Waals surface area contributed by atoms with Crippen molar-refractivity contribution in [2.75, 3.05) is 5.32 Å². The summed E-state index contributed by atoms with van der Waals surface area (Å²) in [5.74, 6) is -0.0498. The predicted octanol–water partition coefficient (Wildman–Crippen LogP) is 2.05. The number of aromatic nitrogens is 2. The van der Waals surface area contributed by atoms with Gasteiger partial charge in [-0.05, 0) is 19.9 Å². The van der Waals surface area contributed by atoms with Gasteiger partial charge in [-0.3, -0.25) is 9.78 Å². The maximum absolute atomic E-state index is 12.0. The minimum absolute atomic E-state index is 0.0467. The smallest absolute Gasteiger partial charge is 0.263 e. The molecule has 0 aliphatic carbocycles. The van der Waals surface area contributed by atoms with Crippen LogP contribution in [0, 0.1) is 0 Å². The average molecular weight is 290 g/mol. The largest absolute Gasteiger partial charge is 0.504 e. The normalized spacial score (nSPS) is 16.4. The Morgan fingerprint density at radius 3 is 3.05 bits per heavy atom. The first kappa shape index (κ1) is 12.9. The molecule has 6 nitrogen and oxygen atoms in total. The first-order valence-electron chi connectivity index (χ1n) is 6.17. The van der Waals surface area contributed by atoms with Gasteiger partial charge in [0.15, 0.2) is 10.9 Å². The van der Waals surface area contributed by atoms with E-state index in [0.29, 0.717) is 22.1 Å². The molecule has 0 atom stereocenters. The molecule has 0 aromatic carbocycles. The number of nitrogens with one attached hydrogen (secondary N) is 2. The summed E-state index contributed by atoms with van der Waals surface area (Å²) in [6.45, 7) is 3.93. The molecule has 1 amide bonds. The average Bonchev–Trinajstić information content (AvgIpc) is 2.73. The van der Waals surface area contributed by atoms with Crippen molar-refractivity contribution in [3.63, 3.8) is 0 Å². The fraction of sp³-hybridized carbons (Fsp3) is 0.308. The predicted molar refractivity (Wildman–Crippen MR) is 76.5 cm³/mol. The number of carbonyl (C=O) groups excluding carboxylic acids is 1. The highest BCUT2D eigenvalue weighted by Crippen LogP contribution is 2.33. The lowest BCUT2D eigenvalue weighted by Gasteiger charge is -2.29. The highest BCUT2D eigenvalue weighted by Gasteiger charge is 2.33. The Kier molecular flexibility index (Phi) is 2.86. The van der Waals surface area contributed by atoms with Gasteiger partial charge in [0.2, 0.25) is 0 Å². The number of thiazole rings is 1. The highest BCUT2D eigenvalue weighted by atomic mass is 32.1. The number of anilines is 2. The molecule has 20 heavy (non-hydrogen) atoms. The third-order valence-electron chi connectivity index (χ3n) is 3.01. The summed E-state index contributed by atoms with van der Waals surface area (Å²) < 4.78 is 0. The van der Waals surface area contributed by atoms with Gasteiger partial charge in [-0.2, -0.15) is 0 Å². The van der Waals surface area contributed by atoms with Crippen LogP contribution in [0.2, 0.25) is 0 Å². The number of hydrogen-bond donors (Lipinski definition) is 3. The summed E-state index contributed by atoms with van der Waals surface area (Å²) in [6.07, 6.45) is 3.62. The van der Waals surface area contributed by atoms with E-state index in [1.165, 1.54) is 17.5 Å². The molecule has 0 bridgehead atoms. The minimum atomic E-state index is -0.283. The summed E-state index contributed by atoms with van der Waals surface area (Å²) in [5, 5.41) is 16.2. The quantitative estimate of drug-likeness (QED) is 0.788. The van der Waals surface area contributed by atoms with Crippen LogP contribution in [0.4, 0.5) is 10.8 Å². The van der Waals surface area contributed by atoms with Gasteiger partial charge in [-0.25, -0.2) is 4.98 Å². The maximum Gasteiger partial charge on any atom is 0.263 e. The second-order valence-electron chi connectivity index (χ2n) is 5.33. The third-order valence-corrected chi connectivity index (χ3v) is 4.02. The van der Waals surface area contributed by atoms with Crippen LogP contribution in [-0.4, -0.2) is 26.5 Å². The van der Waals surface area contributed by atoms with E-state index in [1.54, 1.807) is 12.3 Å². The van der Waals surface area contributed by atoms with Crippen LogP contribution >= 0.6 is 11.3 Å². The molecule has 3 N–H and O–H groups in total. The van der Waals surface area contributed by atoms with Gasteiger partial charge in [-0.15, -0.1) is 0 Å². The van der Waals surface area contributed by atoms with Gasteiger partial charge >= 0.3 is 0 Å². The zero-order valence-corrected chi connectivity index (χ0v) is 11.9. The Hall–Kier alpha value is -2.15. The minimum Gasteiger partial charge on any atom is -0.504 e. The molecule has 0 saturated carbocycles. The van der Waals surface area contributed by atoms with Crippen molar-refractivity contribution in [3.8, 4) is 5.75 Å². The summed E-state index contributed by atoms with van der Waals surface area (Å²) in [4.78, 5) is 20.9. The first-order chi connectivity index (χ1) is 9.44. The number of aromatic hydroxyl groups is 1. The van der Waals surface area contributed by atoms with Crippen LogP contribution < -0.4 is 10.6 Å². The molecule has 0 unspecified atom stereocenters. The Morgan fingerprint density at radius 1 is 1.50 bits per heavy atom. The molecule has 2 aromatic heterocycles. The lowest BCUT2D eigenvalue weighted by molar-refractivity contribution is 0.0901. The third kappa shape index (κ3) is 2.32. The second-order valence-corrected chi connectivity index (χ2v) is 6.33. The Labute approximate surface area is 119 Å². The van der Waals surface area contributed by atoms with E-state index in [4.69, 9.17) is 0 Å². The van der Waals surface area contributed by atoms with Crippen LogP contribution in [0.1, 0.15) is 29.2 Å². The lowest BCUT2D eigenvalue weighted by atomic mass is 9.94. The molecule has 0 fully saturated rings. The first-order valence-corrected chi connectivity index (χ1v) is 6.98. The number of fused-ring (bicyclic) bond motifs is 1. The SMILES string of the molecule is CC1(C)Cc2nc(Nc3ccncc3O)sc2C(=O)N1. The van der Waals surface area contributed by atoms with Crippen molar-refractivity contribution in [1.29, 1.82) is 0 Å². The van der Waals surface area contributed by atoms with E-state index in [1.807, 2.05) is 13.8 Å². The van der Waals surface area contributed by atoms with E-state index in [2.05, 4.69) is 20.6 Å². The molecular formula is C13H14N4O2S. The summed E-state index contributed by atoms with van der Waals surface area (Å²) in [7, 11) is 0. The molecular weight excluding hydrogens is 276 g/mol. The van der Waals surface area contributed by atoms with Crippen molar-refractivity contribution in [2.45, 2.75) is 25.8 Å². The van der Waals surface area contributed by atoms with Gasteiger partial charge in [0, 0.05) is 18.2 Å². The number of pyridine rings is 1. The van der Waals surface area contributed by atoms with Gasteiger partial charge in [0.25, 0.3) is 5.91 Å². The monoisotopic (exact) mass is 290 g/mol. The standard InChI is InChI=1S/C13H14N4O2S/c1-13(2)5-8-10(11(19)17-13)20-12(16-8)15-7-3-4-14-6-9(7)18/h3-4,6,18H,5H2,1-2H3,(H,17,19)(H,14,15,16). The Morgan fingerprint density at radius 2 is 2.30 bits per heavy atom. The topological polar surface area (TPSA) is 87.1 Å². The molecule has 2 aromatic rings. The van der Waals surface area contributed by atoms with Crippen LogP contribution in [0.25, 0.3) is 0 Å². The van der Waals surface area contributed by atoms with Crippen molar-refractivity contribution < 1.29 is 9.90 Å². The highest BCUT2D eigenvalue weighted by molar-refractivity contribution is 7.17. The second kappa shape index (κ2) is 4.45. The van der Waals surface area contributed by atoms with E-state index < -0.39 is 0 Å². The Bertz CT molecular complexity index is 681. The lowest BCUT2D eigenvalue weighted by Crippen LogP contribution is -2.48. The maximum atomic E-state index is 12.0. The molecule has 0 saturated heterocycles. The van der Waals surface area contributed by atoms with Crippen molar-refractivity contribution >= 4 is 28.1 Å². The number of amides is 1. The van der Waals surface area contributed by atoms with Crippen molar-refractivity contribution in [3.05, 3.63) is 29.0 Å². The van der Waals surface area contributed by atoms with E-state index >= 15 is 0 Å². The number of hydrogen-bond acceptors (Lipinski definition) is 6. The summed E-state index contributed by atoms with van der Waals surface area (Å²) in [5.41, 5.74) is 1.03. The number of carbonyl (C=O) groups is 1. The van der Waals surface area contributed by atoms with E-state index in [9.17, 15) is 9.90 Å². The molecule has 1 aliphatic rings. The molecule has 1 aliphatic heterocycles. The molecule has 3 heterocycles. The zero-order chi connectivity index (χ0) is 14.3. The summed E-state index contributed by atoms with van der Waals surface area (Å²) >= 11 is 1.28. The zero-order valence-electron chi connectivity index (χ0n) is 11.1. The van der Waals surface area contributed by atoms with Gasteiger partial charge in [-0.1, -0.05) is 11.3 Å².